The van der Waals surface area contributed by atoms with E-state index in [2.05, 4.69) is 5.32 Å². The molecular formula is C15H25N3O2. The van der Waals surface area contributed by atoms with Gasteiger partial charge in [0.05, 0.1) is 5.41 Å². The summed E-state index contributed by atoms with van der Waals surface area (Å²) in [6.07, 6.45) is 2.08. The third-order valence-electron chi connectivity index (χ3n) is 3.40. The van der Waals surface area contributed by atoms with Gasteiger partial charge in [0.25, 0.3) is 0 Å². The van der Waals surface area contributed by atoms with Crippen molar-refractivity contribution in [2.24, 2.45) is 11.3 Å². The number of carboxylic acid groups (broad SMARTS) is 1. The molecule has 1 aromatic rings. The van der Waals surface area contributed by atoms with E-state index >= 15 is 0 Å². The zero-order valence-corrected chi connectivity index (χ0v) is 12.3. The number of aliphatic carboxylic acids is 1. The summed E-state index contributed by atoms with van der Waals surface area (Å²) in [4.78, 5) is 11.5. The fourth-order valence-corrected chi connectivity index (χ4v) is 2.36. The molecule has 1 saturated heterocycles. The van der Waals surface area contributed by atoms with Crippen molar-refractivity contribution < 1.29 is 9.90 Å². The van der Waals surface area contributed by atoms with Crippen LogP contribution in [0.3, 0.4) is 0 Å². The predicted molar refractivity (Wildman–Crippen MR) is 80.2 cm³/mol. The molecule has 0 radical (unpaired) electrons. The molecule has 2 rings (SSSR count). The van der Waals surface area contributed by atoms with Crippen LogP contribution in [-0.2, 0) is 11.2 Å². The minimum atomic E-state index is -0.655. The summed E-state index contributed by atoms with van der Waals surface area (Å²) in [7, 11) is 3.56. The first kappa shape index (κ1) is 16.6. The Balaban J connectivity index is 0.000000444. The van der Waals surface area contributed by atoms with Crippen molar-refractivity contribution in [3.63, 3.8) is 0 Å². The lowest BCUT2D eigenvalue weighted by Gasteiger charge is -2.33. The van der Waals surface area contributed by atoms with Crippen molar-refractivity contribution in [2.45, 2.75) is 19.3 Å². The molecule has 1 aromatic carbocycles. The number of carboxylic acids is 1. The predicted octanol–water partition coefficient (Wildman–Crippen LogP) is 1.11. The van der Waals surface area contributed by atoms with Crippen molar-refractivity contribution in [1.82, 2.24) is 10.3 Å². The van der Waals surface area contributed by atoms with Gasteiger partial charge in [-0.25, -0.2) is 0 Å². The number of carbonyl (C=O) groups is 1. The summed E-state index contributed by atoms with van der Waals surface area (Å²) < 4.78 is 0. The van der Waals surface area contributed by atoms with Gasteiger partial charge in [-0.15, -0.1) is 0 Å². The molecule has 20 heavy (non-hydrogen) atoms. The number of benzene rings is 1. The number of nitrogens with one attached hydrogen (secondary N) is 1. The first-order valence-electron chi connectivity index (χ1n) is 6.86. The maximum Gasteiger partial charge on any atom is 0.310 e. The van der Waals surface area contributed by atoms with E-state index in [1.54, 1.807) is 14.1 Å². The van der Waals surface area contributed by atoms with E-state index in [-0.39, 0.29) is 0 Å². The van der Waals surface area contributed by atoms with Crippen LogP contribution in [0.2, 0.25) is 0 Å². The second-order valence-corrected chi connectivity index (χ2v) is 5.46. The lowest BCUT2D eigenvalue weighted by Crippen LogP contribution is -2.43. The molecule has 1 aliphatic rings. The van der Waals surface area contributed by atoms with E-state index in [1.165, 1.54) is 5.01 Å². The van der Waals surface area contributed by atoms with Crippen molar-refractivity contribution in [1.29, 1.82) is 0 Å². The molecule has 0 aromatic heterocycles. The molecule has 0 spiro atoms. The molecular weight excluding hydrogens is 254 g/mol. The molecule has 0 saturated carbocycles. The Hall–Kier alpha value is -1.43. The zero-order chi connectivity index (χ0) is 15.0. The van der Waals surface area contributed by atoms with Crippen LogP contribution in [0.25, 0.3) is 0 Å². The Bertz CT molecular complexity index is 398. The Kier molecular flexibility index (Phi) is 6.64. The largest absolute Gasteiger partial charge is 0.481 e. The highest BCUT2D eigenvalue weighted by molar-refractivity contribution is 5.75. The van der Waals surface area contributed by atoms with Gasteiger partial charge in [-0.05, 0) is 37.9 Å². The third kappa shape index (κ3) is 5.28. The minimum absolute atomic E-state index is 0.563. The van der Waals surface area contributed by atoms with E-state index in [0.717, 1.165) is 31.5 Å². The molecule has 1 aliphatic heterocycles. The lowest BCUT2D eigenvalue weighted by molar-refractivity contribution is -0.150. The van der Waals surface area contributed by atoms with Crippen LogP contribution in [0, 0.1) is 5.41 Å². The SMILES string of the molecule is CN(C)N.O=C(O)C1(Cc2ccccc2)CCNCC1. The number of nitrogens with two attached hydrogens (primary N) is 1. The summed E-state index contributed by atoms with van der Waals surface area (Å²) in [6.45, 7) is 1.61. The number of piperidine rings is 1. The first-order valence-corrected chi connectivity index (χ1v) is 6.86. The second kappa shape index (κ2) is 7.99. The second-order valence-electron chi connectivity index (χ2n) is 5.46. The third-order valence-corrected chi connectivity index (χ3v) is 3.40. The first-order chi connectivity index (χ1) is 9.46. The van der Waals surface area contributed by atoms with Gasteiger partial charge in [0.2, 0.25) is 0 Å². The Labute approximate surface area is 120 Å². The van der Waals surface area contributed by atoms with Crippen molar-refractivity contribution in [3.05, 3.63) is 35.9 Å². The molecule has 4 N–H and O–H groups in total. The van der Waals surface area contributed by atoms with E-state index < -0.39 is 11.4 Å². The molecule has 0 aliphatic carbocycles. The molecule has 1 fully saturated rings. The van der Waals surface area contributed by atoms with Gasteiger partial charge in [0.1, 0.15) is 0 Å². The lowest BCUT2D eigenvalue weighted by atomic mass is 9.74. The van der Waals surface area contributed by atoms with E-state index in [0.29, 0.717) is 6.42 Å². The number of hydrogen-bond donors (Lipinski definition) is 3. The van der Waals surface area contributed by atoms with Crippen LogP contribution in [-0.4, -0.2) is 43.3 Å². The van der Waals surface area contributed by atoms with Gasteiger partial charge in [0.15, 0.2) is 0 Å². The fourth-order valence-electron chi connectivity index (χ4n) is 2.36. The Morgan fingerprint density at radius 3 is 2.25 bits per heavy atom. The van der Waals surface area contributed by atoms with Crippen molar-refractivity contribution >= 4 is 5.97 Å². The Morgan fingerprint density at radius 2 is 1.80 bits per heavy atom. The summed E-state index contributed by atoms with van der Waals surface area (Å²) in [6, 6.07) is 9.90. The van der Waals surface area contributed by atoms with Crippen LogP contribution in [0.15, 0.2) is 30.3 Å². The molecule has 0 bridgehead atoms. The molecule has 1 heterocycles. The molecule has 0 amide bonds. The molecule has 112 valence electrons. The molecule has 5 nitrogen and oxygen atoms in total. The number of rotatable bonds is 3. The topological polar surface area (TPSA) is 78.6 Å². The molecule has 0 unspecified atom stereocenters. The van der Waals surface area contributed by atoms with Gasteiger partial charge in [-0.1, -0.05) is 30.3 Å². The summed E-state index contributed by atoms with van der Waals surface area (Å²) in [5.41, 5.74) is 0.555. The zero-order valence-electron chi connectivity index (χ0n) is 12.3. The van der Waals surface area contributed by atoms with E-state index in [1.807, 2.05) is 30.3 Å². The summed E-state index contributed by atoms with van der Waals surface area (Å²) >= 11 is 0. The van der Waals surface area contributed by atoms with Gasteiger partial charge in [0, 0.05) is 14.1 Å². The summed E-state index contributed by atoms with van der Waals surface area (Å²) in [5, 5.41) is 14.1. The van der Waals surface area contributed by atoms with Crippen molar-refractivity contribution in [2.75, 3.05) is 27.2 Å². The van der Waals surface area contributed by atoms with Gasteiger partial charge >= 0.3 is 5.97 Å². The van der Waals surface area contributed by atoms with Crippen LogP contribution in [0.4, 0.5) is 0 Å². The van der Waals surface area contributed by atoms with E-state index in [4.69, 9.17) is 5.84 Å². The average molecular weight is 279 g/mol. The number of nitrogens with zero attached hydrogens (tertiary/aromatic N) is 1. The Morgan fingerprint density at radius 1 is 1.30 bits per heavy atom. The van der Waals surface area contributed by atoms with Gasteiger partial charge in [-0.2, -0.15) is 0 Å². The highest BCUT2D eigenvalue weighted by atomic mass is 16.4. The smallest absolute Gasteiger partial charge is 0.310 e. The van der Waals surface area contributed by atoms with Crippen LogP contribution >= 0.6 is 0 Å². The van der Waals surface area contributed by atoms with E-state index in [9.17, 15) is 9.90 Å². The van der Waals surface area contributed by atoms with Crippen LogP contribution in [0.5, 0.6) is 0 Å². The summed E-state index contributed by atoms with van der Waals surface area (Å²) in [5.74, 6) is 4.29. The minimum Gasteiger partial charge on any atom is -0.481 e. The molecule has 0 atom stereocenters. The molecule has 5 heteroatoms. The monoisotopic (exact) mass is 279 g/mol. The standard InChI is InChI=1S/C13H17NO2.C2H8N2/c15-12(16)13(6-8-14-9-7-13)10-11-4-2-1-3-5-11;1-4(2)3/h1-5,14H,6-10H2,(H,15,16);3H2,1-2H3. The maximum atomic E-state index is 11.5. The fraction of sp³-hybridized carbons (Fsp3) is 0.533. The van der Waals surface area contributed by atoms with Crippen LogP contribution in [0.1, 0.15) is 18.4 Å². The normalized spacial score (nSPS) is 17.2. The highest BCUT2D eigenvalue weighted by Crippen LogP contribution is 2.33. The number of hydrazine groups is 1. The van der Waals surface area contributed by atoms with Gasteiger partial charge < -0.3 is 10.4 Å². The maximum absolute atomic E-state index is 11.5. The van der Waals surface area contributed by atoms with Crippen molar-refractivity contribution in [3.8, 4) is 0 Å². The quantitative estimate of drug-likeness (QED) is 0.570. The van der Waals surface area contributed by atoms with Crippen LogP contribution < -0.4 is 11.2 Å². The highest BCUT2D eigenvalue weighted by Gasteiger charge is 2.39. The average Bonchev–Trinajstić information content (AvgIpc) is 2.40. The van der Waals surface area contributed by atoms with Gasteiger partial charge in [-0.3, -0.25) is 15.6 Å². The number of hydrogen-bond acceptors (Lipinski definition) is 4.